The Morgan fingerprint density at radius 2 is 2.00 bits per heavy atom. The molecule has 0 fully saturated rings. The van der Waals surface area contributed by atoms with E-state index in [0.717, 1.165) is 22.6 Å². The molecule has 0 radical (unpaired) electrons. The van der Waals surface area contributed by atoms with E-state index >= 15 is 0 Å². The lowest BCUT2D eigenvalue weighted by Crippen LogP contribution is -2.18. The van der Waals surface area contributed by atoms with Gasteiger partial charge in [-0.05, 0) is 24.6 Å². The van der Waals surface area contributed by atoms with Gasteiger partial charge in [-0.1, -0.05) is 18.2 Å². The van der Waals surface area contributed by atoms with Crippen molar-refractivity contribution >= 4 is 0 Å². The molecule has 1 aromatic heterocycles. The molecule has 2 rings (SSSR count). The third-order valence-corrected chi connectivity index (χ3v) is 3.27. The number of para-hydroxylation sites is 1. The summed E-state index contributed by atoms with van der Waals surface area (Å²) in [5.41, 5.74) is 2.23. The Kier molecular flexibility index (Phi) is 4.96. The lowest BCUT2D eigenvalue weighted by Gasteiger charge is -2.16. The minimum absolute atomic E-state index is 0.222. The highest BCUT2D eigenvalue weighted by Crippen LogP contribution is 2.30. The van der Waals surface area contributed by atoms with Crippen molar-refractivity contribution in [3.63, 3.8) is 0 Å². The maximum absolute atomic E-state index is 5.43. The Morgan fingerprint density at radius 1 is 1.15 bits per heavy atom. The molecule has 0 saturated heterocycles. The first kappa shape index (κ1) is 14.3. The van der Waals surface area contributed by atoms with Crippen molar-refractivity contribution < 1.29 is 9.47 Å². The molecule has 1 atom stereocenters. The number of pyridine rings is 1. The van der Waals surface area contributed by atoms with Crippen molar-refractivity contribution in [2.75, 3.05) is 14.2 Å². The summed E-state index contributed by atoms with van der Waals surface area (Å²) in [7, 11) is 3.30. The Bertz CT molecular complexity index is 543. The number of hydrogen-bond donors (Lipinski definition) is 1. The first-order valence-electron chi connectivity index (χ1n) is 6.59. The summed E-state index contributed by atoms with van der Waals surface area (Å²) in [5, 5.41) is 3.47. The third-order valence-electron chi connectivity index (χ3n) is 3.27. The molecular formula is C16H20N2O2. The Labute approximate surface area is 119 Å². The quantitative estimate of drug-likeness (QED) is 0.878. The summed E-state index contributed by atoms with van der Waals surface area (Å²) in [5.74, 6) is 1.53. The molecule has 106 valence electrons. The largest absolute Gasteiger partial charge is 0.493 e. The summed E-state index contributed by atoms with van der Waals surface area (Å²) >= 11 is 0. The fourth-order valence-corrected chi connectivity index (χ4v) is 2.11. The summed E-state index contributed by atoms with van der Waals surface area (Å²) in [6.07, 6.45) is 3.65. The zero-order chi connectivity index (χ0) is 14.4. The molecule has 2 aromatic rings. The van der Waals surface area contributed by atoms with E-state index in [-0.39, 0.29) is 6.04 Å². The number of aromatic nitrogens is 1. The summed E-state index contributed by atoms with van der Waals surface area (Å²) in [4.78, 5) is 4.14. The molecule has 20 heavy (non-hydrogen) atoms. The van der Waals surface area contributed by atoms with Crippen LogP contribution in [-0.2, 0) is 6.54 Å². The first-order chi connectivity index (χ1) is 9.76. The monoisotopic (exact) mass is 272 g/mol. The number of nitrogens with one attached hydrogen (secondary N) is 1. The normalized spacial score (nSPS) is 11.9. The fourth-order valence-electron chi connectivity index (χ4n) is 2.11. The number of ether oxygens (including phenoxy) is 2. The van der Waals surface area contributed by atoms with Crippen LogP contribution in [0.4, 0.5) is 0 Å². The van der Waals surface area contributed by atoms with Gasteiger partial charge in [-0.2, -0.15) is 0 Å². The number of hydrogen-bond acceptors (Lipinski definition) is 4. The maximum Gasteiger partial charge on any atom is 0.165 e. The number of nitrogens with zero attached hydrogens (tertiary/aromatic N) is 1. The van der Waals surface area contributed by atoms with Gasteiger partial charge in [0.05, 0.1) is 14.2 Å². The minimum Gasteiger partial charge on any atom is -0.493 e. The first-order valence-corrected chi connectivity index (χ1v) is 6.59. The van der Waals surface area contributed by atoms with Crippen LogP contribution in [0.15, 0.2) is 42.7 Å². The average Bonchev–Trinajstić information content (AvgIpc) is 2.52. The van der Waals surface area contributed by atoms with E-state index < -0.39 is 0 Å². The highest BCUT2D eigenvalue weighted by Gasteiger charge is 2.11. The molecule has 0 saturated carbocycles. The molecule has 4 heteroatoms. The number of rotatable bonds is 6. The van der Waals surface area contributed by atoms with Crippen LogP contribution in [0.1, 0.15) is 24.1 Å². The average molecular weight is 272 g/mol. The van der Waals surface area contributed by atoms with Gasteiger partial charge in [0.15, 0.2) is 11.5 Å². The van der Waals surface area contributed by atoms with Crippen LogP contribution in [0.25, 0.3) is 0 Å². The molecule has 0 spiro atoms. The van der Waals surface area contributed by atoms with E-state index in [4.69, 9.17) is 9.47 Å². The van der Waals surface area contributed by atoms with Gasteiger partial charge in [0.1, 0.15) is 0 Å². The smallest absolute Gasteiger partial charge is 0.165 e. The molecule has 0 aliphatic heterocycles. The van der Waals surface area contributed by atoms with Crippen molar-refractivity contribution in [3.05, 3.63) is 53.9 Å². The molecule has 1 aromatic carbocycles. The van der Waals surface area contributed by atoms with E-state index in [1.165, 1.54) is 0 Å². The molecule has 0 aliphatic carbocycles. The Balaban J connectivity index is 2.07. The van der Waals surface area contributed by atoms with E-state index in [9.17, 15) is 0 Å². The molecule has 0 bridgehead atoms. The lowest BCUT2D eigenvalue weighted by atomic mass is 10.1. The van der Waals surface area contributed by atoms with E-state index in [2.05, 4.69) is 23.3 Å². The van der Waals surface area contributed by atoms with E-state index in [1.54, 1.807) is 20.4 Å². The van der Waals surface area contributed by atoms with Crippen molar-refractivity contribution in [1.82, 2.24) is 10.3 Å². The van der Waals surface area contributed by atoms with Gasteiger partial charge in [-0.25, -0.2) is 0 Å². The predicted molar refractivity (Wildman–Crippen MR) is 79.0 cm³/mol. The van der Waals surface area contributed by atoms with Crippen molar-refractivity contribution in [1.29, 1.82) is 0 Å². The van der Waals surface area contributed by atoms with E-state index in [1.807, 2.05) is 30.5 Å². The van der Waals surface area contributed by atoms with Crippen molar-refractivity contribution in [2.24, 2.45) is 0 Å². The second kappa shape index (κ2) is 6.91. The standard InChI is InChI=1S/C16H20N2O2/c1-12(13-7-5-9-17-10-13)18-11-14-6-4-8-15(19-2)16(14)20-3/h4-10,12,18H,11H2,1-3H3. The second-order valence-electron chi connectivity index (χ2n) is 4.54. The zero-order valence-electron chi connectivity index (χ0n) is 12.1. The van der Waals surface area contributed by atoms with Gasteiger partial charge in [-0.3, -0.25) is 4.98 Å². The van der Waals surface area contributed by atoms with Crippen LogP contribution in [-0.4, -0.2) is 19.2 Å². The van der Waals surface area contributed by atoms with Crippen LogP contribution in [0.3, 0.4) is 0 Å². The molecule has 1 heterocycles. The SMILES string of the molecule is COc1cccc(CNC(C)c2cccnc2)c1OC. The molecular weight excluding hydrogens is 252 g/mol. The third kappa shape index (κ3) is 3.27. The van der Waals surface area contributed by atoms with Gasteiger partial charge in [-0.15, -0.1) is 0 Å². The topological polar surface area (TPSA) is 43.4 Å². The van der Waals surface area contributed by atoms with Crippen molar-refractivity contribution in [2.45, 2.75) is 19.5 Å². The number of methoxy groups -OCH3 is 2. The van der Waals surface area contributed by atoms with Gasteiger partial charge in [0.2, 0.25) is 0 Å². The fraction of sp³-hybridized carbons (Fsp3) is 0.312. The van der Waals surface area contributed by atoms with Crippen LogP contribution >= 0.6 is 0 Å². The van der Waals surface area contributed by atoms with Gasteiger partial charge < -0.3 is 14.8 Å². The second-order valence-corrected chi connectivity index (χ2v) is 4.54. The van der Waals surface area contributed by atoms with E-state index in [0.29, 0.717) is 6.54 Å². The maximum atomic E-state index is 5.43. The minimum atomic E-state index is 0.222. The Hall–Kier alpha value is -2.07. The summed E-state index contributed by atoms with van der Waals surface area (Å²) in [6.45, 7) is 2.82. The van der Waals surface area contributed by atoms with Crippen LogP contribution in [0.2, 0.25) is 0 Å². The lowest BCUT2D eigenvalue weighted by molar-refractivity contribution is 0.350. The van der Waals surface area contributed by atoms with Crippen molar-refractivity contribution in [3.8, 4) is 11.5 Å². The van der Waals surface area contributed by atoms with Gasteiger partial charge in [0, 0.05) is 30.5 Å². The Morgan fingerprint density at radius 3 is 2.65 bits per heavy atom. The summed E-state index contributed by atoms with van der Waals surface area (Å²) < 4.78 is 10.7. The molecule has 0 aliphatic rings. The van der Waals surface area contributed by atoms with Crippen LogP contribution < -0.4 is 14.8 Å². The van der Waals surface area contributed by atoms with Crippen LogP contribution in [0.5, 0.6) is 11.5 Å². The molecule has 1 N–H and O–H groups in total. The molecule has 1 unspecified atom stereocenters. The van der Waals surface area contributed by atoms with Gasteiger partial charge in [0.25, 0.3) is 0 Å². The zero-order valence-corrected chi connectivity index (χ0v) is 12.1. The molecule has 0 amide bonds. The highest BCUT2D eigenvalue weighted by atomic mass is 16.5. The number of benzene rings is 1. The highest BCUT2D eigenvalue weighted by molar-refractivity contribution is 5.46. The molecule has 4 nitrogen and oxygen atoms in total. The van der Waals surface area contributed by atoms with Crippen LogP contribution in [0, 0.1) is 0 Å². The van der Waals surface area contributed by atoms with Gasteiger partial charge >= 0.3 is 0 Å². The predicted octanol–water partition coefficient (Wildman–Crippen LogP) is 2.95. The summed E-state index contributed by atoms with van der Waals surface area (Å²) in [6, 6.07) is 10.1.